The van der Waals surface area contributed by atoms with Gasteiger partial charge in [-0.3, -0.25) is 9.48 Å². The molecule has 0 fully saturated rings. The number of amides is 1. The Bertz CT molecular complexity index is 691. The van der Waals surface area contributed by atoms with Crippen LogP contribution in [0.5, 0.6) is 5.75 Å². The number of aromatic nitrogens is 2. The summed E-state index contributed by atoms with van der Waals surface area (Å²) in [6.07, 6.45) is 1.64. The highest BCUT2D eigenvalue weighted by Gasteiger charge is 2.19. The minimum atomic E-state index is -3.00. The SMILES string of the molecule is CCn1nccc1C(C)NC(=O)c1cc(Br)ccc1OC(F)F. The summed E-state index contributed by atoms with van der Waals surface area (Å²) < 4.78 is 31.7. The fourth-order valence-electron chi connectivity index (χ4n) is 2.20. The molecule has 1 atom stereocenters. The van der Waals surface area contributed by atoms with Crippen LogP contribution in [0.2, 0.25) is 0 Å². The monoisotopic (exact) mass is 387 g/mol. The lowest BCUT2D eigenvalue weighted by atomic mass is 10.1. The molecule has 0 saturated carbocycles. The van der Waals surface area contributed by atoms with Gasteiger partial charge in [0.05, 0.1) is 17.3 Å². The van der Waals surface area contributed by atoms with Gasteiger partial charge in [-0.15, -0.1) is 0 Å². The summed E-state index contributed by atoms with van der Waals surface area (Å²) >= 11 is 3.22. The van der Waals surface area contributed by atoms with Crippen molar-refractivity contribution in [3.8, 4) is 5.75 Å². The first-order chi connectivity index (χ1) is 10.9. The van der Waals surface area contributed by atoms with E-state index < -0.39 is 12.5 Å². The number of hydrogen-bond donors (Lipinski definition) is 1. The Morgan fingerprint density at radius 1 is 1.43 bits per heavy atom. The molecule has 5 nitrogen and oxygen atoms in total. The number of carbonyl (C=O) groups is 1. The van der Waals surface area contributed by atoms with Crippen LogP contribution in [-0.4, -0.2) is 22.3 Å². The van der Waals surface area contributed by atoms with E-state index in [2.05, 4.69) is 31.1 Å². The quantitative estimate of drug-likeness (QED) is 0.820. The Labute approximate surface area is 140 Å². The maximum atomic E-state index is 12.5. The second-order valence-electron chi connectivity index (χ2n) is 4.79. The van der Waals surface area contributed by atoms with Crippen LogP contribution in [0.1, 0.15) is 35.9 Å². The molecule has 124 valence electrons. The fourth-order valence-corrected chi connectivity index (χ4v) is 2.56. The first kappa shape index (κ1) is 17.4. The number of ether oxygens (including phenoxy) is 1. The van der Waals surface area contributed by atoms with Gasteiger partial charge in [-0.05, 0) is 38.1 Å². The number of halogens is 3. The van der Waals surface area contributed by atoms with Gasteiger partial charge < -0.3 is 10.1 Å². The van der Waals surface area contributed by atoms with Gasteiger partial charge in [0.25, 0.3) is 5.91 Å². The summed E-state index contributed by atoms with van der Waals surface area (Å²) in [7, 11) is 0. The number of hydrogen-bond acceptors (Lipinski definition) is 3. The highest BCUT2D eigenvalue weighted by atomic mass is 79.9. The molecule has 2 rings (SSSR count). The molecular formula is C15H16BrF2N3O2. The Kier molecular flexibility index (Phi) is 5.70. The zero-order valence-electron chi connectivity index (χ0n) is 12.6. The van der Waals surface area contributed by atoms with Crippen LogP contribution >= 0.6 is 15.9 Å². The molecular weight excluding hydrogens is 372 g/mol. The normalized spacial score (nSPS) is 12.3. The lowest BCUT2D eigenvalue weighted by Gasteiger charge is -2.17. The average Bonchev–Trinajstić information content (AvgIpc) is 2.97. The van der Waals surface area contributed by atoms with Crippen LogP contribution in [0.3, 0.4) is 0 Å². The first-order valence-corrected chi connectivity index (χ1v) is 7.78. The number of rotatable bonds is 6. The molecule has 0 radical (unpaired) electrons. The van der Waals surface area contributed by atoms with Crippen molar-refractivity contribution >= 4 is 21.8 Å². The van der Waals surface area contributed by atoms with E-state index >= 15 is 0 Å². The van der Waals surface area contributed by atoms with E-state index in [0.717, 1.165) is 5.69 Å². The van der Waals surface area contributed by atoms with E-state index in [9.17, 15) is 13.6 Å². The van der Waals surface area contributed by atoms with Crippen LogP contribution in [0.15, 0.2) is 34.9 Å². The summed E-state index contributed by atoms with van der Waals surface area (Å²) in [5.41, 5.74) is 0.862. The lowest BCUT2D eigenvalue weighted by Crippen LogP contribution is -2.29. The zero-order chi connectivity index (χ0) is 17.0. The van der Waals surface area contributed by atoms with Crippen molar-refractivity contribution in [2.24, 2.45) is 0 Å². The van der Waals surface area contributed by atoms with Gasteiger partial charge in [-0.1, -0.05) is 15.9 Å². The average molecular weight is 388 g/mol. The van der Waals surface area contributed by atoms with Gasteiger partial charge in [0.1, 0.15) is 5.75 Å². The molecule has 0 saturated heterocycles. The molecule has 1 heterocycles. The van der Waals surface area contributed by atoms with E-state index in [1.54, 1.807) is 23.9 Å². The highest BCUT2D eigenvalue weighted by Crippen LogP contribution is 2.25. The van der Waals surface area contributed by atoms with Crippen LogP contribution < -0.4 is 10.1 Å². The predicted octanol–water partition coefficient (Wildman–Crippen LogP) is 3.76. The number of nitrogens with zero attached hydrogens (tertiary/aromatic N) is 2. The third-order valence-electron chi connectivity index (χ3n) is 3.24. The molecule has 1 amide bonds. The molecule has 0 bridgehead atoms. The van der Waals surface area contributed by atoms with Crippen molar-refractivity contribution in [3.63, 3.8) is 0 Å². The maximum Gasteiger partial charge on any atom is 0.387 e. The van der Waals surface area contributed by atoms with Crippen LogP contribution in [0.4, 0.5) is 8.78 Å². The molecule has 2 aromatic rings. The number of alkyl halides is 2. The predicted molar refractivity (Wildman–Crippen MR) is 84.6 cm³/mol. The summed E-state index contributed by atoms with van der Waals surface area (Å²) in [4.78, 5) is 12.4. The van der Waals surface area contributed by atoms with E-state index in [1.165, 1.54) is 18.2 Å². The second-order valence-corrected chi connectivity index (χ2v) is 5.70. The second kappa shape index (κ2) is 7.54. The zero-order valence-corrected chi connectivity index (χ0v) is 14.2. The van der Waals surface area contributed by atoms with Crippen molar-refractivity contribution in [2.75, 3.05) is 0 Å². The molecule has 0 aliphatic heterocycles. The van der Waals surface area contributed by atoms with Gasteiger partial charge in [0.2, 0.25) is 0 Å². The van der Waals surface area contributed by atoms with Crippen LogP contribution in [-0.2, 0) is 6.54 Å². The third kappa shape index (κ3) is 4.28. The third-order valence-corrected chi connectivity index (χ3v) is 3.74. The topological polar surface area (TPSA) is 56.2 Å². The summed E-state index contributed by atoms with van der Waals surface area (Å²) in [6, 6.07) is 5.77. The van der Waals surface area contributed by atoms with Crippen molar-refractivity contribution in [1.29, 1.82) is 0 Å². The molecule has 0 spiro atoms. The molecule has 1 unspecified atom stereocenters. The van der Waals surface area contributed by atoms with Crippen molar-refractivity contribution in [3.05, 3.63) is 46.2 Å². The van der Waals surface area contributed by atoms with E-state index in [4.69, 9.17) is 0 Å². The summed E-state index contributed by atoms with van der Waals surface area (Å²) in [5.74, 6) is -0.671. The Hall–Kier alpha value is -1.96. The highest BCUT2D eigenvalue weighted by molar-refractivity contribution is 9.10. The van der Waals surface area contributed by atoms with Gasteiger partial charge in [0.15, 0.2) is 0 Å². The molecule has 1 aromatic heterocycles. The smallest absolute Gasteiger partial charge is 0.387 e. The minimum absolute atomic E-state index is 0.0362. The van der Waals surface area contributed by atoms with Crippen LogP contribution in [0.25, 0.3) is 0 Å². The van der Waals surface area contributed by atoms with Crippen LogP contribution in [0, 0.1) is 0 Å². The number of aryl methyl sites for hydroxylation is 1. The molecule has 0 aliphatic carbocycles. The summed E-state index contributed by atoms with van der Waals surface area (Å²) in [6.45, 7) is 1.40. The molecule has 1 aromatic carbocycles. The largest absolute Gasteiger partial charge is 0.434 e. The van der Waals surface area contributed by atoms with E-state index in [1.807, 2.05) is 6.92 Å². The van der Waals surface area contributed by atoms with Crippen molar-refractivity contribution in [2.45, 2.75) is 33.0 Å². The molecule has 23 heavy (non-hydrogen) atoms. The number of nitrogens with one attached hydrogen (secondary N) is 1. The van der Waals surface area contributed by atoms with E-state index in [-0.39, 0.29) is 17.4 Å². The van der Waals surface area contributed by atoms with Gasteiger partial charge in [-0.25, -0.2) is 0 Å². The molecule has 0 aliphatic rings. The first-order valence-electron chi connectivity index (χ1n) is 6.99. The van der Waals surface area contributed by atoms with Crippen molar-refractivity contribution in [1.82, 2.24) is 15.1 Å². The molecule has 1 N–H and O–H groups in total. The number of carbonyl (C=O) groups excluding carboxylic acids is 1. The number of benzene rings is 1. The van der Waals surface area contributed by atoms with Crippen molar-refractivity contribution < 1.29 is 18.3 Å². The Morgan fingerprint density at radius 2 is 2.17 bits per heavy atom. The Balaban J connectivity index is 2.21. The standard InChI is InChI=1S/C15H16BrF2N3O2/c1-3-21-12(6-7-19-21)9(2)20-14(22)11-8-10(16)4-5-13(11)23-15(17)18/h4-9,15H,3H2,1-2H3,(H,20,22). The summed E-state index contributed by atoms with van der Waals surface area (Å²) in [5, 5.41) is 6.91. The van der Waals surface area contributed by atoms with Gasteiger partial charge in [0, 0.05) is 17.2 Å². The lowest BCUT2D eigenvalue weighted by molar-refractivity contribution is -0.0501. The molecule has 8 heteroatoms. The van der Waals surface area contributed by atoms with Gasteiger partial charge >= 0.3 is 6.61 Å². The fraction of sp³-hybridized carbons (Fsp3) is 0.333. The minimum Gasteiger partial charge on any atom is -0.434 e. The van der Waals surface area contributed by atoms with Gasteiger partial charge in [-0.2, -0.15) is 13.9 Å². The maximum absolute atomic E-state index is 12.5. The Morgan fingerprint density at radius 3 is 2.83 bits per heavy atom. The van der Waals surface area contributed by atoms with E-state index in [0.29, 0.717) is 11.0 Å².